The van der Waals surface area contributed by atoms with Gasteiger partial charge in [-0.05, 0) is 55.2 Å². The molecule has 2 heteroatoms. The molecule has 182 valence electrons. The Balaban J connectivity index is 1.84. The lowest BCUT2D eigenvalue weighted by Crippen LogP contribution is -2.27. The summed E-state index contributed by atoms with van der Waals surface area (Å²) in [6, 6.07) is 43.5. The first kappa shape index (κ1) is 24.8. The highest BCUT2D eigenvalue weighted by Crippen LogP contribution is 2.45. The third-order valence-electron chi connectivity index (χ3n) is 6.77. The molecule has 0 saturated carbocycles. The normalized spacial score (nSPS) is 11.9. The van der Waals surface area contributed by atoms with Crippen LogP contribution in [0.25, 0.3) is 11.6 Å². The van der Waals surface area contributed by atoms with Crippen LogP contribution in [0.4, 0.5) is 0 Å². The fourth-order valence-electron chi connectivity index (χ4n) is 4.73. The molecule has 0 unspecified atom stereocenters. The third-order valence-corrected chi connectivity index (χ3v) is 9.89. The van der Waals surface area contributed by atoms with Gasteiger partial charge in [-0.1, -0.05) is 138 Å². The molecule has 1 nitrogen and oxygen atoms in total. The van der Waals surface area contributed by atoms with Crippen molar-refractivity contribution in [1.82, 2.24) is 0 Å². The Labute approximate surface area is 220 Å². The molecule has 0 atom stereocenters. The lowest BCUT2D eigenvalue weighted by atomic mass is 9.94. The van der Waals surface area contributed by atoms with E-state index in [9.17, 15) is 0 Å². The number of rotatable bonds is 6. The van der Waals surface area contributed by atoms with E-state index in [1.807, 2.05) is 36.4 Å². The van der Waals surface area contributed by atoms with Gasteiger partial charge in [0.1, 0.15) is 0 Å². The van der Waals surface area contributed by atoms with Gasteiger partial charge >= 0.3 is 0 Å². The lowest BCUT2D eigenvalue weighted by molar-refractivity contribution is 0.592. The smallest absolute Gasteiger partial charge is 0.171 e. The van der Waals surface area contributed by atoms with Crippen LogP contribution in [0.3, 0.4) is 0 Å². The highest BCUT2D eigenvalue weighted by atomic mass is 31.2. The van der Waals surface area contributed by atoms with E-state index in [1.165, 1.54) is 0 Å². The fourth-order valence-corrected chi connectivity index (χ4v) is 7.53. The van der Waals surface area contributed by atoms with Gasteiger partial charge < -0.3 is 4.57 Å². The number of hydrogen-bond donors (Lipinski definition) is 0. The molecule has 0 amide bonds. The van der Waals surface area contributed by atoms with Crippen molar-refractivity contribution in [1.29, 1.82) is 0 Å². The molecule has 0 bridgehead atoms. The van der Waals surface area contributed by atoms with Crippen molar-refractivity contribution in [3.63, 3.8) is 0 Å². The largest absolute Gasteiger partial charge is 0.309 e. The Hall–Kier alpha value is -3.93. The van der Waals surface area contributed by atoms with Crippen LogP contribution in [0.2, 0.25) is 0 Å². The van der Waals surface area contributed by atoms with Gasteiger partial charge in [-0.2, -0.15) is 0 Å². The zero-order valence-electron chi connectivity index (χ0n) is 21.6. The van der Waals surface area contributed by atoms with Gasteiger partial charge in [0.25, 0.3) is 0 Å². The molecule has 0 N–H and O–H groups in total. The molecular formula is C35H31OP. The highest BCUT2D eigenvalue weighted by molar-refractivity contribution is 7.85. The minimum Gasteiger partial charge on any atom is -0.309 e. The molecule has 0 aliphatic heterocycles. The van der Waals surface area contributed by atoms with Crippen molar-refractivity contribution in [2.75, 3.05) is 0 Å². The van der Waals surface area contributed by atoms with Crippen molar-refractivity contribution >= 4 is 34.7 Å². The van der Waals surface area contributed by atoms with Gasteiger partial charge in [0.2, 0.25) is 0 Å². The summed E-state index contributed by atoms with van der Waals surface area (Å²) in [4.78, 5) is 0. The van der Waals surface area contributed by atoms with Crippen LogP contribution in [-0.4, -0.2) is 0 Å². The predicted molar refractivity (Wildman–Crippen MR) is 160 cm³/mol. The molecule has 5 aromatic rings. The van der Waals surface area contributed by atoms with Crippen LogP contribution in [0.1, 0.15) is 33.4 Å². The van der Waals surface area contributed by atoms with Gasteiger partial charge in [0, 0.05) is 15.9 Å². The molecule has 0 spiro atoms. The van der Waals surface area contributed by atoms with Crippen LogP contribution in [0.15, 0.2) is 127 Å². The van der Waals surface area contributed by atoms with E-state index in [0.717, 1.165) is 54.9 Å². The van der Waals surface area contributed by atoms with E-state index in [-0.39, 0.29) is 0 Å². The second kappa shape index (κ2) is 10.6. The number of aryl methyl sites for hydroxylation is 3. The Bertz CT molecular complexity index is 1530. The lowest BCUT2D eigenvalue weighted by Gasteiger charge is -2.25. The SMILES string of the molecule is Cc1ccc(P(=O)(c2ccc(C)cc2)c2ccc(C)cc2/C(=C/c2ccccc2)c2ccccc2)cc1. The molecule has 5 aromatic carbocycles. The third kappa shape index (κ3) is 5.15. The minimum atomic E-state index is -3.19. The predicted octanol–water partition coefficient (Wildman–Crippen LogP) is 7.84. The fraction of sp³-hybridized carbons (Fsp3) is 0.0857. The summed E-state index contributed by atoms with van der Waals surface area (Å²) in [5, 5.41) is 2.55. The molecule has 37 heavy (non-hydrogen) atoms. The van der Waals surface area contributed by atoms with E-state index in [2.05, 4.69) is 118 Å². The molecular weight excluding hydrogens is 467 g/mol. The molecule has 0 aliphatic rings. The average molecular weight is 499 g/mol. The van der Waals surface area contributed by atoms with Crippen molar-refractivity contribution in [2.24, 2.45) is 0 Å². The molecule has 0 aliphatic carbocycles. The topological polar surface area (TPSA) is 17.1 Å². The first-order chi connectivity index (χ1) is 17.9. The molecule has 0 radical (unpaired) electrons. The zero-order valence-corrected chi connectivity index (χ0v) is 22.5. The average Bonchev–Trinajstić information content (AvgIpc) is 2.93. The van der Waals surface area contributed by atoms with Gasteiger partial charge in [-0.15, -0.1) is 0 Å². The Kier molecular flexibility index (Phi) is 7.08. The first-order valence-corrected chi connectivity index (χ1v) is 14.3. The molecule has 5 rings (SSSR count). The summed E-state index contributed by atoms with van der Waals surface area (Å²) in [7, 11) is -3.19. The monoisotopic (exact) mass is 498 g/mol. The van der Waals surface area contributed by atoms with Crippen LogP contribution in [-0.2, 0) is 4.57 Å². The van der Waals surface area contributed by atoms with Gasteiger partial charge in [-0.25, -0.2) is 0 Å². The van der Waals surface area contributed by atoms with Crippen LogP contribution in [0.5, 0.6) is 0 Å². The molecule has 0 saturated heterocycles. The molecule has 0 aromatic heterocycles. The summed E-state index contributed by atoms with van der Waals surface area (Å²) in [5.74, 6) is 0. The summed E-state index contributed by atoms with van der Waals surface area (Å²) in [5.41, 5.74) is 7.69. The summed E-state index contributed by atoms with van der Waals surface area (Å²) < 4.78 is 15.5. The van der Waals surface area contributed by atoms with E-state index in [4.69, 9.17) is 0 Å². The van der Waals surface area contributed by atoms with Crippen LogP contribution >= 0.6 is 7.14 Å². The maximum absolute atomic E-state index is 15.5. The maximum atomic E-state index is 15.5. The Morgan fingerprint density at radius 2 is 1.05 bits per heavy atom. The van der Waals surface area contributed by atoms with Crippen molar-refractivity contribution in [3.8, 4) is 0 Å². The zero-order chi connectivity index (χ0) is 25.8. The number of hydrogen-bond acceptors (Lipinski definition) is 1. The van der Waals surface area contributed by atoms with Crippen LogP contribution in [0, 0.1) is 20.8 Å². The van der Waals surface area contributed by atoms with Gasteiger partial charge in [0.05, 0.1) is 0 Å². The summed E-state index contributed by atoms with van der Waals surface area (Å²) in [6.45, 7) is 6.23. The summed E-state index contributed by atoms with van der Waals surface area (Å²) in [6.07, 6.45) is 2.21. The van der Waals surface area contributed by atoms with Crippen molar-refractivity contribution in [2.45, 2.75) is 20.8 Å². The second-order valence-electron chi connectivity index (χ2n) is 9.64. The van der Waals surface area contributed by atoms with E-state index >= 15 is 4.57 Å². The van der Waals surface area contributed by atoms with Crippen molar-refractivity contribution in [3.05, 3.63) is 161 Å². The van der Waals surface area contributed by atoms with E-state index < -0.39 is 7.14 Å². The highest BCUT2D eigenvalue weighted by Gasteiger charge is 2.33. The standard InChI is InChI=1S/C35H31OP/c1-26-14-19-31(20-15-26)37(36,32-21-16-27(2)17-22-32)35-23-18-28(3)24-34(35)33(30-12-8-5-9-13-30)25-29-10-6-4-7-11-29/h4-25H,1-3H3/b33-25+. The molecule has 0 fully saturated rings. The van der Waals surface area contributed by atoms with Crippen molar-refractivity contribution < 1.29 is 4.57 Å². The summed E-state index contributed by atoms with van der Waals surface area (Å²) >= 11 is 0. The first-order valence-electron chi connectivity index (χ1n) is 12.6. The quantitative estimate of drug-likeness (QED) is 0.172. The number of benzene rings is 5. The van der Waals surface area contributed by atoms with Gasteiger partial charge in [-0.3, -0.25) is 0 Å². The van der Waals surface area contributed by atoms with E-state index in [1.54, 1.807) is 0 Å². The second-order valence-corrected chi connectivity index (χ2v) is 12.4. The molecule has 0 heterocycles. The van der Waals surface area contributed by atoms with Gasteiger partial charge in [0.15, 0.2) is 7.14 Å². The Morgan fingerprint density at radius 3 is 1.59 bits per heavy atom. The Morgan fingerprint density at radius 1 is 0.568 bits per heavy atom. The van der Waals surface area contributed by atoms with E-state index in [0.29, 0.717) is 0 Å². The maximum Gasteiger partial charge on any atom is 0.171 e. The van der Waals surface area contributed by atoms with Crippen LogP contribution < -0.4 is 15.9 Å². The minimum absolute atomic E-state index is 0.846.